The van der Waals surface area contributed by atoms with Gasteiger partial charge in [0.15, 0.2) is 11.8 Å². The van der Waals surface area contributed by atoms with Gasteiger partial charge in [-0.1, -0.05) is 49.4 Å². The van der Waals surface area contributed by atoms with Gasteiger partial charge in [-0.25, -0.2) is 9.78 Å². The minimum atomic E-state index is -4.50. The lowest BCUT2D eigenvalue weighted by atomic mass is 10.0. The van der Waals surface area contributed by atoms with Crippen molar-refractivity contribution in [3.05, 3.63) is 107 Å². The van der Waals surface area contributed by atoms with Gasteiger partial charge in [-0.05, 0) is 48.9 Å². The number of ketones is 1. The van der Waals surface area contributed by atoms with Gasteiger partial charge in [0.2, 0.25) is 5.89 Å². The molecule has 3 aromatic carbocycles. The van der Waals surface area contributed by atoms with Gasteiger partial charge in [0.25, 0.3) is 0 Å². The van der Waals surface area contributed by atoms with E-state index in [1.165, 1.54) is 6.92 Å². The van der Waals surface area contributed by atoms with Crippen LogP contribution >= 0.6 is 0 Å². The van der Waals surface area contributed by atoms with E-state index in [0.29, 0.717) is 29.3 Å². The number of carboxylic acids is 1. The third-order valence-corrected chi connectivity index (χ3v) is 6.46. The van der Waals surface area contributed by atoms with Crippen molar-refractivity contribution in [1.29, 1.82) is 0 Å². The second-order valence-corrected chi connectivity index (χ2v) is 9.64. The highest BCUT2D eigenvalue weighted by Gasteiger charge is 2.30. The number of carbonyl (C=O) groups excluding carboxylic acids is 1. The average Bonchev–Trinajstić information content (AvgIpc) is 3.40. The van der Waals surface area contributed by atoms with Crippen molar-refractivity contribution in [2.24, 2.45) is 4.99 Å². The van der Waals surface area contributed by atoms with E-state index in [4.69, 9.17) is 9.15 Å². The number of nitrogens with zero attached hydrogens (tertiary/aromatic N) is 2. The summed E-state index contributed by atoms with van der Waals surface area (Å²) in [5.41, 5.74) is 1.77. The number of halogens is 3. The van der Waals surface area contributed by atoms with Crippen LogP contribution in [-0.4, -0.2) is 33.6 Å². The summed E-state index contributed by atoms with van der Waals surface area (Å²) in [6, 6.07) is 19.2. The molecule has 0 aliphatic carbocycles. The Morgan fingerprint density at radius 3 is 2.26 bits per heavy atom. The van der Waals surface area contributed by atoms with Crippen LogP contribution in [0.1, 0.15) is 53.2 Å². The highest BCUT2D eigenvalue weighted by molar-refractivity contribution is 6.09. The van der Waals surface area contributed by atoms with E-state index >= 15 is 0 Å². The second-order valence-electron chi connectivity index (χ2n) is 9.64. The first-order valence-corrected chi connectivity index (χ1v) is 13.3. The molecule has 1 N–H and O–H groups in total. The first kappa shape index (κ1) is 30.2. The molecule has 0 saturated heterocycles. The van der Waals surface area contributed by atoms with Gasteiger partial charge in [-0.2, -0.15) is 13.2 Å². The number of aliphatic imine (C=N–C) groups is 1. The molecule has 4 aromatic rings. The number of hydrogen-bond acceptors (Lipinski definition) is 6. The SMILES string of the molecule is CCc1oc(-c2ccccc2)nc1COc1ccc(CC(N=C(C)CC(=O)c2ccc(C(F)(F)F)cc2)C(=O)O)cc1. The number of ether oxygens (including phenoxy) is 1. The zero-order valence-electron chi connectivity index (χ0n) is 23.0. The van der Waals surface area contributed by atoms with Crippen LogP contribution in [-0.2, 0) is 30.4 Å². The molecule has 0 radical (unpaired) electrons. The van der Waals surface area contributed by atoms with Gasteiger partial charge in [-0.15, -0.1) is 0 Å². The molecule has 1 aromatic heterocycles. The molecule has 0 aliphatic heterocycles. The smallest absolute Gasteiger partial charge is 0.416 e. The lowest BCUT2D eigenvalue weighted by Crippen LogP contribution is -2.22. The number of Topliss-reactive ketones (excluding diaryl/α,β-unsaturated/α-hetero) is 1. The van der Waals surface area contributed by atoms with Crippen LogP contribution in [0.5, 0.6) is 5.75 Å². The summed E-state index contributed by atoms with van der Waals surface area (Å²) in [5.74, 6) is 0.213. The van der Waals surface area contributed by atoms with Crippen molar-refractivity contribution < 1.29 is 37.0 Å². The zero-order valence-corrected chi connectivity index (χ0v) is 23.0. The van der Waals surface area contributed by atoms with Gasteiger partial charge in [0, 0.05) is 36.1 Å². The first-order valence-electron chi connectivity index (χ1n) is 13.3. The van der Waals surface area contributed by atoms with Crippen molar-refractivity contribution in [1.82, 2.24) is 4.98 Å². The number of carbonyl (C=O) groups is 2. The average molecular weight is 579 g/mol. The molecule has 42 heavy (non-hydrogen) atoms. The van der Waals surface area contributed by atoms with Gasteiger partial charge < -0.3 is 14.3 Å². The summed E-state index contributed by atoms with van der Waals surface area (Å²) >= 11 is 0. The largest absolute Gasteiger partial charge is 0.487 e. The van der Waals surface area contributed by atoms with Crippen molar-refractivity contribution in [3.8, 4) is 17.2 Å². The highest BCUT2D eigenvalue weighted by atomic mass is 19.4. The van der Waals surface area contributed by atoms with E-state index in [-0.39, 0.29) is 30.7 Å². The van der Waals surface area contributed by atoms with E-state index in [1.807, 2.05) is 37.3 Å². The summed E-state index contributed by atoms with van der Waals surface area (Å²) in [4.78, 5) is 33.2. The van der Waals surface area contributed by atoms with Crippen LogP contribution in [0.2, 0.25) is 0 Å². The summed E-state index contributed by atoms with van der Waals surface area (Å²) < 4.78 is 50.1. The quantitative estimate of drug-likeness (QED) is 0.141. The summed E-state index contributed by atoms with van der Waals surface area (Å²) in [6.45, 7) is 3.70. The van der Waals surface area contributed by atoms with Crippen molar-refractivity contribution in [2.45, 2.75) is 51.9 Å². The molecule has 0 saturated carbocycles. The molecule has 0 fully saturated rings. The third kappa shape index (κ3) is 7.93. The maximum atomic E-state index is 12.8. The monoisotopic (exact) mass is 578 g/mol. The van der Waals surface area contributed by atoms with Gasteiger partial charge in [0.1, 0.15) is 23.8 Å². The highest BCUT2D eigenvalue weighted by Crippen LogP contribution is 2.29. The number of aryl methyl sites for hydroxylation is 1. The molecule has 218 valence electrons. The Labute approximate surface area is 240 Å². The number of aromatic nitrogens is 1. The lowest BCUT2D eigenvalue weighted by molar-refractivity contribution is -0.139. The van der Waals surface area contributed by atoms with Gasteiger partial charge in [-0.3, -0.25) is 9.79 Å². The maximum absolute atomic E-state index is 12.8. The number of benzene rings is 3. The Balaban J connectivity index is 1.36. The van der Waals surface area contributed by atoms with E-state index in [9.17, 15) is 27.9 Å². The Kier molecular flexibility index (Phi) is 9.57. The number of alkyl halides is 3. The van der Waals surface area contributed by atoms with Crippen LogP contribution in [0.15, 0.2) is 88.3 Å². The van der Waals surface area contributed by atoms with E-state index < -0.39 is 29.5 Å². The Morgan fingerprint density at radius 2 is 1.67 bits per heavy atom. The number of oxazole rings is 1. The molecule has 1 heterocycles. The summed E-state index contributed by atoms with van der Waals surface area (Å²) in [5, 5.41) is 9.70. The van der Waals surface area contributed by atoms with Gasteiger partial charge >= 0.3 is 12.1 Å². The topological polar surface area (TPSA) is 102 Å². The molecule has 7 nitrogen and oxygen atoms in total. The Bertz CT molecular complexity index is 1540. The number of aliphatic carboxylic acids is 1. The predicted octanol–water partition coefficient (Wildman–Crippen LogP) is 7.23. The summed E-state index contributed by atoms with van der Waals surface area (Å²) in [7, 11) is 0. The van der Waals surface area contributed by atoms with Crippen molar-refractivity contribution >= 4 is 17.5 Å². The normalized spacial score (nSPS) is 12.6. The fourth-order valence-corrected chi connectivity index (χ4v) is 4.25. The van der Waals surface area contributed by atoms with Crippen molar-refractivity contribution in [2.75, 3.05) is 0 Å². The van der Waals surface area contributed by atoms with E-state index in [2.05, 4.69) is 9.98 Å². The zero-order chi connectivity index (χ0) is 30.3. The number of rotatable bonds is 12. The molecule has 0 spiro atoms. The predicted molar refractivity (Wildman–Crippen MR) is 151 cm³/mol. The van der Waals surface area contributed by atoms with Crippen LogP contribution in [0.25, 0.3) is 11.5 Å². The molecular weight excluding hydrogens is 549 g/mol. The summed E-state index contributed by atoms with van der Waals surface area (Å²) in [6.07, 6.45) is -3.98. The van der Waals surface area contributed by atoms with Crippen LogP contribution < -0.4 is 4.74 Å². The molecular formula is C32H29F3N2O5. The number of hydrogen-bond donors (Lipinski definition) is 1. The van der Waals surface area contributed by atoms with E-state index in [0.717, 1.165) is 35.6 Å². The molecule has 0 bridgehead atoms. The first-order chi connectivity index (χ1) is 20.0. The molecule has 0 aliphatic rings. The van der Waals surface area contributed by atoms with Crippen LogP contribution in [0.3, 0.4) is 0 Å². The third-order valence-electron chi connectivity index (χ3n) is 6.46. The maximum Gasteiger partial charge on any atom is 0.416 e. The minimum Gasteiger partial charge on any atom is -0.487 e. The van der Waals surface area contributed by atoms with Crippen LogP contribution in [0.4, 0.5) is 13.2 Å². The molecule has 10 heteroatoms. The van der Waals surface area contributed by atoms with E-state index in [1.54, 1.807) is 24.3 Å². The number of carboxylic acid groups (broad SMARTS) is 1. The molecule has 1 atom stereocenters. The van der Waals surface area contributed by atoms with Gasteiger partial charge in [0.05, 0.1) is 5.56 Å². The molecule has 0 amide bonds. The van der Waals surface area contributed by atoms with Crippen LogP contribution in [0, 0.1) is 0 Å². The standard InChI is InChI=1S/C32H29F3N2O5/c1-3-29-27(37-30(42-29)23-7-5-4-6-8-23)19-41-25-15-9-21(10-16-25)18-26(31(39)40)36-20(2)17-28(38)22-11-13-24(14-12-22)32(33,34)35/h4-16,26H,3,17-19H2,1-2H3,(H,39,40). The Hall–Kier alpha value is -4.73. The molecule has 4 rings (SSSR count). The fourth-order valence-electron chi connectivity index (χ4n) is 4.25. The van der Waals surface area contributed by atoms with Crippen molar-refractivity contribution in [3.63, 3.8) is 0 Å². The second kappa shape index (κ2) is 13.3. The fraction of sp³-hybridized carbons (Fsp3) is 0.250. The Morgan fingerprint density at radius 1 is 1.00 bits per heavy atom. The lowest BCUT2D eigenvalue weighted by Gasteiger charge is -2.11. The minimum absolute atomic E-state index is 0.0745. The molecule has 1 unspecified atom stereocenters.